The standard InChI is InChI=1S/C16H10F3N3O2S/c1-7-20-12-11-8(16(17,18)19)6-9(10-4-3-5-25-10)21-14(11)24-13(12)15(23)22(7)2/h3-6H,1-2H3. The van der Waals surface area contributed by atoms with E-state index in [2.05, 4.69) is 9.97 Å². The van der Waals surface area contributed by atoms with Crippen LogP contribution < -0.4 is 5.56 Å². The largest absolute Gasteiger partial charge is 0.430 e. The van der Waals surface area contributed by atoms with Crippen molar-refractivity contribution in [2.45, 2.75) is 13.1 Å². The van der Waals surface area contributed by atoms with E-state index < -0.39 is 17.3 Å². The Bertz CT molecular complexity index is 1170. The molecule has 9 heteroatoms. The molecular formula is C16H10F3N3O2S. The molecule has 0 aliphatic carbocycles. The van der Waals surface area contributed by atoms with E-state index >= 15 is 0 Å². The van der Waals surface area contributed by atoms with E-state index in [9.17, 15) is 18.0 Å². The Hall–Kier alpha value is -2.68. The van der Waals surface area contributed by atoms with Gasteiger partial charge in [-0.2, -0.15) is 13.2 Å². The van der Waals surface area contributed by atoms with Crippen molar-refractivity contribution in [2.24, 2.45) is 7.05 Å². The molecule has 4 heterocycles. The van der Waals surface area contributed by atoms with Crippen LogP contribution in [0.1, 0.15) is 11.4 Å². The van der Waals surface area contributed by atoms with Gasteiger partial charge in [0.15, 0.2) is 0 Å². The molecule has 4 rings (SSSR count). The van der Waals surface area contributed by atoms with Crippen molar-refractivity contribution in [1.29, 1.82) is 0 Å². The second-order valence-electron chi connectivity index (χ2n) is 5.51. The molecule has 0 fully saturated rings. The molecule has 0 amide bonds. The predicted molar refractivity (Wildman–Crippen MR) is 87.6 cm³/mol. The van der Waals surface area contributed by atoms with Crippen LogP contribution in [-0.2, 0) is 13.2 Å². The summed E-state index contributed by atoms with van der Waals surface area (Å²) < 4.78 is 47.6. The fourth-order valence-corrected chi connectivity index (χ4v) is 3.33. The van der Waals surface area contributed by atoms with Gasteiger partial charge in [-0.15, -0.1) is 11.3 Å². The van der Waals surface area contributed by atoms with Crippen molar-refractivity contribution in [1.82, 2.24) is 14.5 Å². The average molecular weight is 365 g/mol. The number of aromatic nitrogens is 3. The Morgan fingerprint density at radius 2 is 2.04 bits per heavy atom. The number of aryl methyl sites for hydroxylation is 1. The number of pyridine rings is 1. The molecule has 0 unspecified atom stereocenters. The number of alkyl halides is 3. The number of fused-ring (bicyclic) bond motifs is 3. The van der Waals surface area contributed by atoms with E-state index in [0.717, 1.165) is 6.07 Å². The summed E-state index contributed by atoms with van der Waals surface area (Å²) in [7, 11) is 1.48. The van der Waals surface area contributed by atoms with Crippen LogP contribution >= 0.6 is 11.3 Å². The van der Waals surface area contributed by atoms with Crippen LogP contribution in [0.15, 0.2) is 32.8 Å². The number of rotatable bonds is 1. The molecule has 0 atom stereocenters. The zero-order chi connectivity index (χ0) is 17.9. The maximum Gasteiger partial charge on any atom is 0.417 e. The Morgan fingerprint density at radius 3 is 2.68 bits per heavy atom. The fourth-order valence-electron chi connectivity index (χ4n) is 2.64. The van der Waals surface area contributed by atoms with Crippen LogP contribution in [0.5, 0.6) is 0 Å². The third-order valence-corrected chi connectivity index (χ3v) is 4.87. The summed E-state index contributed by atoms with van der Waals surface area (Å²) in [5.41, 5.74) is -1.92. The van der Waals surface area contributed by atoms with Gasteiger partial charge in [0.1, 0.15) is 11.3 Å². The highest BCUT2D eigenvalue weighted by atomic mass is 32.1. The van der Waals surface area contributed by atoms with E-state index in [0.29, 0.717) is 4.88 Å². The zero-order valence-electron chi connectivity index (χ0n) is 13.0. The summed E-state index contributed by atoms with van der Waals surface area (Å²) in [5.74, 6) is 0.288. The van der Waals surface area contributed by atoms with Gasteiger partial charge in [-0.1, -0.05) is 6.07 Å². The van der Waals surface area contributed by atoms with E-state index in [1.54, 1.807) is 24.4 Å². The fraction of sp³-hybridized carbons (Fsp3) is 0.188. The van der Waals surface area contributed by atoms with Crippen molar-refractivity contribution >= 4 is 33.5 Å². The molecule has 4 aromatic rings. The van der Waals surface area contributed by atoms with Crippen LogP contribution in [0, 0.1) is 6.92 Å². The lowest BCUT2D eigenvalue weighted by molar-refractivity contribution is -0.136. The topological polar surface area (TPSA) is 60.9 Å². The first-order valence-corrected chi connectivity index (χ1v) is 8.07. The molecule has 0 aliphatic rings. The van der Waals surface area contributed by atoms with Gasteiger partial charge in [0, 0.05) is 7.05 Å². The number of furan rings is 1. The van der Waals surface area contributed by atoms with Crippen molar-refractivity contribution in [3.05, 3.63) is 45.3 Å². The predicted octanol–water partition coefficient (Wildman–Crippen LogP) is 4.13. The molecule has 5 nitrogen and oxygen atoms in total. The monoisotopic (exact) mass is 365 g/mol. The normalized spacial score (nSPS) is 12.4. The summed E-state index contributed by atoms with van der Waals surface area (Å²) in [5, 5.41) is 1.46. The second-order valence-corrected chi connectivity index (χ2v) is 6.46. The maximum atomic E-state index is 13.6. The van der Waals surface area contributed by atoms with Crippen molar-refractivity contribution < 1.29 is 17.6 Å². The van der Waals surface area contributed by atoms with Gasteiger partial charge < -0.3 is 4.42 Å². The highest BCUT2D eigenvalue weighted by molar-refractivity contribution is 7.13. The SMILES string of the molecule is Cc1nc2c(oc3nc(-c4cccs4)cc(C(F)(F)F)c32)c(=O)n1C. The summed E-state index contributed by atoms with van der Waals surface area (Å²) in [6, 6.07) is 4.36. The molecule has 4 aromatic heterocycles. The van der Waals surface area contributed by atoms with Crippen molar-refractivity contribution in [3.63, 3.8) is 0 Å². The van der Waals surface area contributed by atoms with E-state index in [4.69, 9.17) is 4.42 Å². The Kier molecular flexibility index (Phi) is 3.26. The van der Waals surface area contributed by atoms with Crippen molar-refractivity contribution in [3.8, 4) is 10.6 Å². The Morgan fingerprint density at radius 1 is 1.28 bits per heavy atom. The molecule has 0 saturated heterocycles. The first-order valence-electron chi connectivity index (χ1n) is 7.19. The Balaban J connectivity index is 2.20. The molecule has 0 radical (unpaired) electrons. The van der Waals surface area contributed by atoms with Gasteiger partial charge in [-0.3, -0.25) is 9.36 Å². The molecule has 0 N–H and O–H groups in total. The van der Waals surface area contributed by atoms with E-state index in [-0.39, 0.29) is 33.7 Å². The second kappa shape index (κ2) is 5.16. The summed E-state index contributed by atoms with van der Waals surface area (Å²) >= 11 is 1.27. The number of nitrogens with zero attached hydrogens (tertiary/aromatic N) is 3. The first-order chi connectivity index (χ1) is 11.8. The van der Waals surface area contributed by atoms with Crippen LogP contribution in [0.4, 0.5) is 13.2 Å². The summed E-state index contributed by atoms with van der Waals surface area (Å²) in [6.45, 7) is 1.54. The third kappa shape index (κ3) is 2.34. The highest BCUT2D eigenvalue weighted by Crippen LogP contribution is 2.40. The molecule has 0 aromatic carbocycles. The molecule has 0 bridgehead atoms. The molecule has 0 spiro atoms. The zero-order valence-corrected chi connectivity index (χ0v) is 13.8. The molecule has 0 saturated carbocycles. The number of hydrogen-bond donors (Lipinski definition) is 0. The summed E-state index contributed by atoms with van der Waals surface area (Å²) in [6.07, 6.45) is -4.64. The summed E-state index contributed by atoms with van der Waals surface area (Å²) in [4.78, 5) is 21.2. The van der Waals surface area contributed by atoms with E-state index in [1.807, 2.05) is 0 Å². The smallest absolute Gasteiger partial charge is 0.417 e. The van der Waals surface area contributed by atoms with Crippen LogP contribution in [0.25, 0.3) is 32.8 Å². The van der Waals surface area contributed by atoms with Crippen LogP contribution in [-0.4, -0.2) is 14.5 Å². The van der Waals surface area contributed by atoms with Crippen molar-refractivity contribution in [2.75, 3.05) is 0 Å². The number of thiophene rings is 1. The Labute approximate surface area is 142 Å². The highest BCUT2D eigenvalue weighted by Gasteiger charge is 2.36. The minimum atomic E-state index is -4.64. The average Bonchev–Trinajstić information content (AvgIpc) is 3.19. The third-order valence-electron chi connectivity index (χ3n) is 3.97. The first kappa shape index (κ1) is 15.8. The molecule has 25 heavy (non-hydrogen) atoms. The number of hydrogen-bond acceptors (Lipinski definition) is 5. The van der Waals surface area contributed by atoms with E-state index in [1.165, 1.54) is 23.0 Å². The van der Waals surface area contributed by atoms with Crippen LogP contribution in [0.3, 0.4) is 0 Å². The van der Waals surface area contributed by atoms with Gasteiger partial charge in [0.05, 0.1) is 21.5 Å². The molecule has 128 valence electrons. The maximum absolute atomic E-state index is 13.6. The lowest BCUT2D eigenvalue weighted by Gasteiger charge is -2.09. The van der Waals surface area contributed by atoms with Gasteiger partial charge in [-0.25, -0.2) is 9.97 Å². The minimum absolute atomic E-state index is 0.117. The van der Waals surface area contributed by atoms with Gasteiger partial charge in [-0.05, 0) is 24.4 Å². The number of halogens is 3. The quantitative estimate of drug-likeness (QED) is 0.509. The minimum Gasteiger partial charge on any atom is -0.430 e. The molecule has 0 aliphatic heterocycles. The lowest BCUT2D eigenvalue weighted by atomic mass is 10.1. The van der Waals surface area contributed by atoms with Gasteiger partial charge in [0.25, 0.3) is 5.56 Å². The van der Waals surface area contributed by atoms with Gasteiger partial charge >= 0.3 is 6.18 Å². The van der Waals surface area contributed by atoms with Gasteiger partial charge in [0.2, 0.25) is 11.3 Å². The van der Waals surface area contributed by atoms with Crippen LogP contribution in [0.2, 0.25) is 0 Å². The lowest BCUT2D eigenvalue weighted by Crippen LogP contribution is -2.19. The molecular weight excluding hydrogens is 355 g/mol.